The first kappa shape index (κ1) is 30.1. The molecule has 1 aliphatic carbocycles. The van der Waals surface area contributed by atoms with Crippen LogP contribution in [0.4, 0.5) is 0 Å². The molecule has 0 bridgehead atoms. The molecule has 0 fully saturated rings. The number of nitrogens with zero attached hydrogens (tertiary/aromatic N) is 4. The molecule has 1 aliphatic rings. The molecule has 5 nitrogen and oxygen atoms in total. The summed E-state index contributed by atoms with van der Waals surface area (Å²) in [6.45, 7) is 4.59. The van der Waals surface area contributed by atoms with Crippen LogP contribution in [0.5, 0.6) is 0 Å². The second-order valence-corrected chi connectivity index (χ2v) is 13.9. The Balaban J connectivity index is 1.21. The van der Waals surface area contributed by atoms with Crippen LogP contribution in [-0.4, -0.2) is 19.9 Å². The zero-order valence-electron chi connectivity index (χ0n) is 28.7. The number of oxazole rings is 1. The van der Waals surface area contributed by atoms with Crippen LogP contribution in [0, 0.1) is 0 Å². The maximum Gasteiger partial charge on any atom is 0.227 e. The van der Waals surface area contributed by atoms with E-state index in [9.17, 15) is 0 Å². The number of benzene rings is 7. The van der Waals surface area contributed by atoms with Crippen molar-refractivity contribution in [3.05, 3.63) is 169 Å². The van der Waals surface area contributed by atoms with Gasteiger partial charge in [0.25, 0.3) is 0 Å². The van der Waals surface area contributed by atoms with E-state index in [1.807, 2.05) is 42.5 Å². The summed E-state index contributed by atoms with van der Waals surface area (Å²) < 4.78 is 6.56. The number of hydrogen-bond donors (Lipinski definition) is 0. The van der Waals surface area contributed by atoms with Crippen molar-refractivity contribution >= 4 is 21.9 Å². The zero-order chi connectivity index (χ0) is 34.8. The molecule has 0 saturated heterocycles. The smallest absolute Gasteiger partial charge is 0.227 e. The molecule has 0 spiro atoms. The first-order valence-corrected chi connectivity index (χ1v) is 17.6. The normalized spacial score (nSPS) is 13.0. The first-order valence-electron chi connectivity index (χ1n) is 17.6. The van der Waals surface area contributed by atoms with Crippen LogP contribution in [0.2, 0.25) is 0 Å². The minimum Gasteiger partial charge on any atom is -0.435 e. The summed E-state index contributed by atoms with van der Waals surface area (Å²) in [4.78, 5) is 20.6. The molecule has 246 valence electrons. The lowest BCUT2D eigenvalue weighted by molar-refractivity contribution is 0.623. The van der Waals surface area contributed by atoms with Gasteiger partial charge in [-0.25, -0.2) is 19.9 Å². The molecule has 52 heavy (non-hydrogen) atoms. The van der Waals surface area contributed by atoms with Crippen molar-refractivity contribution in [3.8, 4) is 67.9 Å². The van der Waals surface area contributed by atoms with Gasteiger partial charge in [0, 0.05) is 33.1 Å². The van der Waals surface area contributed by atoms with E-state index in [0.717, 1.165) is 49.7 Å². The van der Waals surface area contributed by atoms with Gasteiger partial charge in [-0.15, -0.1) is 0 Å². The number of aromatic nitrogens is 4. The summed E-state index contributed by atoms with van der Waals surface area (Å²) in [6.07, 6.45) is 0. The topological polar surface area (TPSA) is 64.7 Å². The molecule has 0 amide bonds. The molecule has 0 aliphatic heterocycles. The van der Waals surface area contributed by atoms with Gasteiger partial charge in [0.1, 0.15) is 5.52 Å². The quantitative estimate of drug-likeness (QED) is 0.183. The van der Waals surface area contributed by atoms with Crippen LogP contribution in [0.25, 0.3) is 89.7 Å². The standard InChI is InChI=1S/C47H32N4O/c1-47(2)38-22-10-9-18-34(38)35-19-12-21-37(41(35)47)45-50-43(32-25-23-30(24-26-32)29-13-5-3-6-14-29)49-44(51-45)36-20-11-17-31-27-28-39-42(40(31)36)52-46(48-39)33-15-7-4-8-16-33/h3-28H,1-2H3. The lowest BCUT2D eigenvalue weighted by Gasteiger charge is -2.24. The van der Waals surface area contributed by atoms with Crippen LogP contribution in [0.3, 0.4) is 0 Å². The van der Waals surface area contributed by atoms with E-state index >= 15 is 0 Å². The summed E-state index contributed by atoms with van der Waals surface area (Å²) in [5.41, 5.74) is 12.2. The molecule has 2 heterocycles. The average molecular weight is 669 g/mol. The van der Waals surface area contributed by atoms with Gasteiger partial charge in [0.05, 0.1) is 0 Å². The summed E-state index contributed by atoms with van der Waals surface area (Å²) in [5, 5.41) is 1.94. The molecule has 0 N–H and O–H groups in total. The number of hydrogen-bond acceptors (Lipinski definition) is 5. The van der Waals surface area contributed by atoms with E-state index < -0.39 is 0 Å². The fourth-order valence-corrected chi connectivity index (χ4v) is 7.87. The highest BCUT2D eigenvalue weighted by atomic mass is 16.3. The number of fused-ring (bicyclic) bond motifs is 6. The van der Waals surface area contributed by atoms with E-state index in [1.165, 1.54) is 22.3 Å². The molecule has 7 aromatic carbocycles. The summed E-state index contributed by atoms with van der Waals surface area (Å²) >= 11 is 0. The highest BCUT2D eigenvalue weighted by Gasteiger charge is 2.38. The van der Waals surface area contributed by atoms with Gasteiger partial charge in [-0.1, -0.05) is 153 Å². The van der Waals surface area contributed by atoms with Crippen molar-refractivity contribution < 1.29 is 4.42 Å². The Morgan fingerprint density at radius 1 is 0.423 bits per heavy atom. The molecule has 0 radical (unpaired) electrons. The Kier molecular flexibility index (Phi) is 6.77. The second-order valence-electron chi connectivity index (χ2n) is 13.9. The largest absolute Gasteiger partial charge is 0.435 e. The monoisotopic (exact) mass is 668 g/mol. The third-order valence-electron chi connectivity index (χ3n) is 10.4. The summed E-state index contributed by atoms with van der Waals surface area (Å²) in [6, 6.07) is 54.4. The highest BCUT2D eigenvalue weighted by molar-refractivity contribution is 6.10. The second kappa shape index (κ2) is 11.7. The zero-order valence-corrected chi connectivity index (χ0v) is 28.7. The molecule has 5 heteroatoms. The van der Waals surface area contributed by atoms with Crippen molar-refractivity contribution in [1.82, 2.24) is 19.9 Å². The van der Waals surface area contributed by atoms with Crippen LogP contribution in [0.1, 0.15) is 25.0 Å². The molecule has 0 atom stereocenters. The predicted octanol–water partition coefficient (Wildman–Crippen LogP) is 11.8. The Bertz CT molecular complexity index is 2800. The van der Waals surface area contributed by atoms with Crippen molar-refractivity contribution in [2.45, 2.75) is 19.3 Å². The van der Waals surface area contributed by atoms with Crippen molar-refractivity contribution in [2.24, 2.45) is 0 Å². The van der Waals surface area contributed by atoms with Crippen LogP contribution in [-0.2, 0) is 5.41 Å². The third kappa shape index (κ3) is 4.78. The van der Waals surface area contributed by atoms with Crippen molar-refractivity contribution in [3.63, 3.8) is 0 Å². The van der Waals surface area contributed by atoms with Crippen molar-refractivity contribution in [2.75, 3.05) is 0 Å². The van der Waals surface area contributed by atoms with Gasteiger partial charge >= 0.3 is 0 Å². The Morgan fingerprint density at radius 2 is 1.00 bits per heavy atom. The third-order valence-corrected chi connectivity index (χ3v) is 10.4. The molecule has 2 aromatic heterocycles. The van der Waals surface area contributed by atoms with Gasteiger partial charge in [-0.2, -0.15) is 0 Å². The SMILES string of the molecule is CC1(C)c2ccccc2-c2cccc(-c3nc(-c4ccc(-c5ccccc5)cc4)nc(-c4cccc5ccc6nc(-c7ccccc7)oc6c45)n3)c21. The summed E-state index contributed by atoms with van der Waals surface area (Å²) in [5.74, 6) is 2.40. The van der Waals surface area contributed by atoms with E-state index in [1.54, 1.807) is 0 Å². The Morgan fingerprint density at radius 3 is 1.79 bits per heavy atom. The molecule has 0 saturated carbocycles. The van der Waals surface area contributed by atoms with E-state index in [0.29, 0.717) is 28.9 Å². The molecule has 0 unspecified atom stereocenters. The maximum atomic E-state index is 6.56. The Hall–Kier alpha value is -6.72. The Labute approximate surface area is 301 Å². The lowest BCUT2D eigenvalue weighted by Crippen LogP contribution is -2.17. The minimum absolute atomic E-state index is 0.244. The van der Waals surface area contributed by atoms with Gasteiger partial charge in [0.15, 0.2) is 23.1 Å². The fraction of sp³-hybridized carbons (Fsp3) is 0.0638. The fourth-order valence-electron chi connectivity index (χ4n) is 7.87. The van der Waals surface area contributed by atoms with E-state index in [-0.39, 0.29) is 5.41 Å². The molecule has 10 rings (SSSR count). The van der Waals surface area contributed by atoms with Crippen LogP contribution >= 0.6 is 0 Å². The number of rotatable bonds is 5. The van der Waals surface area contributed by atoms with E-state index in [2.05, 4.69) is 129 Å². The molecular weight excluding hydrogens is 637 g/mol. The van der Waals surface area contributed by atoms with Gasteiger partial charge in [-0.3, -0.25) is 0 Å². The maximum absolute atomic E-state index is 6.56. The summed E-state index contributed by atoms with van der Waals surface area (Å²) in [7, 11) is 0. The van der Waals surface area contributed by atoms with E-state index in [4.69, 9.17) is 24.4 Å². The highest BCUT2D eigenvalue weighted by Crippen LogP contribution is 2.52. The van der Waals surface area contributed by atoms with Gasteiger partial charge in [0.2, 0.25) is 5.89 Å². The van der Waals surface area contributed by atoms with Crippen molar-refractivity contribution in [1.29, 1.82) is 0 Å². The van der Waals surface area contributed by atoms with Gasteiger partial charge < -0.3 is 4.42 Å². The lowest BCUT2D eigenvalue weighted by atomic mass is 9.80. The molecule has 9 aromatic rings. The van der Waals surface area contributed by atoms with Gasteiger partial charge in [-0.05, 0) is 57.0 Å². The molecular formula is C47H32N4O. The van der Waals surface area contributed by atoms with Crippen LogP contribution in [0.15, 0.2) is 162 Å². The minimum atomic E-state index is -0.244. The average Bonchev–Trinajstić information content (AvgIpc) is 3.75. The predicted molar refractivity (Wildman–Crippen MR) is 210 cm³/mol. The van der Waals surface area contributed by atoms with Crippen LogP contribution < -0.4 is 0 Å². The first-order chi connectivity index (χ1) is 25.5.